The smallest absolute Gasteiger partial charge is 0.354 e. The Morgan fingerprint density at radius 3 is 2.89 bits per heavy atom. The summed E-state index contributed by atoms with van der Waals surface area (Å²) in [6.07, 6.45) is 1.40. The maximum atomic E-state index is 10.8. The number of aromatic carboxylic acids is 1. The van der Waals surface area contributed by atoms with Crippen molar-refractivity contribution in [1.29, 1.82) is 0 Å². The third-order valence-electron chi connectivity index (χ3n) is 2.50. The minimum atomic E-state index is -1.08. The van der Waals surface area contributed by atoms with Gasteiger partial charge in [0.1, 0.15) is 5.75 Å². The van der Waals surface area contributed by atoms with Gasteiger partial charge in [-0.25, -0.2) is 14.8 Å². The molecule has 0 aliphatic carbocycles. The highest BCUT2D eigenvalue weighted by Crippen LogP contribution is 2.17. The number of nitrogens with zero attached hydrogens (tertiary/aromatic N) is 2. The summed E-state index contributed by atoms with van der Waals surface area (Å²) in [6, 6.07) is 8.88. The standard InChI is InChI=1S/C13H13N3O3/c1-19-11-5-3-2-4-9(11)8-15-13-14-7-6-10(16-13)12(17)18/h2-7H,8H2,1H3,(H,17,18)(H,14,15,16). The molecule has 0 radical (unpaired) electrons. The number of para-hydroxylation sites is 1. The van der Waals surface area contributed by atoms with Gasteiger partial charge < -0.3 is 15.2 Å². The van der Waals surface area contributed by atoms with Gasteiger partial charge in [-0.3, -0.25) is 0 Å². The van der Waals surface area contributed by atoms with Crippen LogP contribution in [-0.4, -0.2) is 28.2 Å². The van der Waals surface area contributed by atoms with E-state index in [1.807, 2.05) is 24.3 Å². The average molecular weight is 259 g/mol. The van der Waals surface area contributed by atoms with Crippen molar-refractivity contribution in [3.8, 4) is 5.75 Å². The third kappa shape index (κ3) is 3.19. The minimum absolute atomic E-state index is 0.0440. The van der Waals surface area contributed by atoms with Gasteiger partial charge in [0.25, 0.3) is 0 Å². The molecule has 0 fully saturated rings. The predicted molar refractivity (Wildman–Crippen MR) is 69.3 cm³/mol. The number of anilines is 1. The summed E-state index contributed by atoms with van der Waals surface area (Å²) < 4.78 is 5.22. The lowest BCUT2D eigenvalue weighted by Gasteiger charge is -2.09. The summed E-state index contributed by atoms with van der Waals surface area (Å²) in [6.45, 7) is 0.451. The Hall–Kier alpha value is -2.63. The predicted octanol–water partition coefficient (Wildman–Crippen LogP) is 1.80. The molecule has 0 unspecified atom stereocenters. The van der Waals surface area contributed by atoms with Crippen molar-refractivity contribution < 1.29 is 14.6 Å². The van der Waals surface area contributed by atoms with E-state index in [2.05, 4.69) is 15.3 Å². The fourth-order valence-electron chi connectivity index (χ4n) is 1.59. The second kappa shape index (κ2) is 5.81. The first-order valence-electron chi connectivity index (χ1n) is 5.63. The SMILES string of the molecule is COc1ccccc1CNc1nccc(C(=O)O)n1. The molecule has 0 bridgehead atoms. The lowest BCUT2D eigenvalue weighted by atomic mass is 10.2. The number of carboxylic acid groups (broad SMARTS) is 1. The molecule has 0 saturated carbocycles. The van der Waals surface area contributed by atoms with E-state index in [9.17, 15) is 4.79 Å². The molecule has 6 nitrogen and oxygen atoms in total. The van der Waals surface area contributed by atoms with E-state index in [-0.39, 0.29) is 11.6 Å². The lowest BCUT2D eigenvalue weighted by Crippen LogP contribution is -2.08. The molecule has 98 valence electrons. The fraction of sp³-hybridized carbons (Fsp3) is 0.154. The highest BCUT2D eigenvalue weighted by molar-refractivity contribution is 5.85. The molecule has 2 rings (SSSR count). The molecular weight excluding hydrogens is 246 g/mol. The largest absolute Gasteiger partial charge is 0.496 e. The molecular formula is C13H13N3O3. The van der Waals surface area contributed by atoms with E-state index in [1.54, 1.807) is 7.11 Å². The first-order chi connectivity index (χ1) is 9.20. The summed E-state index contributed by atoms with van der Waals surface area (Å²) in [5, 5.41) is 11.8. The molecule has 2 aromatic rings. The van der Waals surface area contributed by atoms with Crippen LogP contribution < -0.4 is 10.1 Å². The molecule has 1 aromatic carbocycles. The van der Waals surface area contributed by atoms with Crippen molar-refractivity contribution in [2.24, 2.45) is 0 Å². The zero-order valence-corrected chi connectivity index (χ0v) is 10.3. The second-order valence-corrected chi connectivity index (χ2v) is 3.74. The van der Waals surface area contributed by atoms with Gasteiger partial charge in [-0.1, -0.05) is 18.2 Å². The van der Waals surface area contributed by atoms with Gasteiger partial charge in [-0.15, -0.1) is 0 Å². The van der Waals surface area contributed by atoms with Crippen LogP contribution in [0.25, 0.3) is 0 Å². The third-order valence-corrected chi connectivity index (χ3v) is 2.50. The maximum absolute atomic E-state index is 10.8. The van der Waals surface area contributed by atoms with E-state index in [4.69, 9.17) is 9.84 Å². The first-order valence-corrected chi connectivity index (χ1v) is 5.63. The fourth-order valence-corrected chi connectivity index (χ4v) is 1.59. The van der Waals surface area contributed by atoms with Crippen LogP contribution in [0.1, 0.15) is 16.1 Å². The molecule has 6 heteroatoms. The Balaban J connectivity index is 2.10. The van der Waals surface area contributed by atoms with Crippen LogP contribution in [0.15, 0.2) is 36.5 Å². The minimum Gasteiger partial charge on any atom is -0.496 e. The molecule has 0 spiro atoms. The average Bonchev–Trinajstić information content (AvgIpc) is 2.45. The Kier molecular flexibility index (Phi) is 3.92. The summed E-state index contributed by atoms with van der Waals surface area (Å²) in [7, 11) is 1.60. The van der Waals surface area contributed by atoms with Crippen molar-refractivity contribution in [1.82, 2.24) is 9.97 Å². The van der Waals surface area contributed by atoms with Gasteiger partial charge in [0.2, 0.25) is 5.95 Å². The van der Waals surface area contributed by atoms with Crippen molar-refractivity contribution in [2.45, 2.75) is 6.54 Å². The zero-order chi connectivity index (χ0) is 13.7. The summed E-state index contributed by atoms with van der Waals surface area (Å²) in [5.41, 5.74) is 0.895. The van der Waals surface area contributed by atoms with Crippen LogP contribution in [0.3, 0.4) is 0 Å². The van der Waals surface area contributed by atoms with Crippen molar-refractivity contribution in [3.05, 3.63) is 47.8 Å². The molecule has 0 atom stereocenters. The van der Waals surface area contributed by atoms with E-state index in [0.29, 0.717) is 6.54 Å². The number of carbonyl (C=O) groups is 1. The number of ether oxygens (including phenoxy) is 1. The topological polar surface area (TPSA) is 84.3 Å². The van der Waals surface area contributed by atoms with E-state index < -0.39 is 5.97 Å². The summed E-state index contributed by atoms with van der Waals surface area (Å²) >= 11 is 0. The number of rotatable bonds is 5. The van der Waals surface area contributed by atoms with Crippen molar-refractivity contribution in [3.63, 3.8) is 0 Å². The molecule has 1 heterocycles. The molecule has 0 aliphatic heterocycles. The number of carboxylic acids is 1. The number of benzene rings is 1. The molecule has 0 aliphatic rings. The van der Waals surface area contributed by atoms with Gasteiger partial charge in [-0.2, -0.15) is 0 Å². The Labute approximate surface area is 110 Å². The molecule has 1 aromatic heterocycles. The van der Waals surface area contributed by atoms with Crippen LogP contribution in [-0.2, 0) is 6.54 Å². The molecule has 0 amide bonds. The van der Waals surface area contributed by atoms with Crippen LogP contribution in [0, 0.1) is 0 Å². The summed E-state index contributed by atoms with van der Waals surface area (Å²) in [5.74, 6) is -0.0575. The number of aromatic nitrogens is 2. The monoisotopic (exact) mass is 259 g/mol. The summed E-state index contributed by atoms with van der Waals surface area (Å²) in [4.78, 5) is 18.6. The second-order valence-electron chi connectivity index (χ2n) is 3.74. The molecule has 0 saturated heterocycles. The van der Waals surface area contributed by atoms with E-state index in [1.165, 1.54) is 12.3 Å². The normalized spacial score (nSPS) is 9.95. The quantitative estimate of drug-likeness (QED) is 0.851. The van der Waals surface area contributed by atoms with Gasteiger partial charge in [-0.05, 0) is 12.1 Å². The van der Waals surface area contributed by atoms with E-state index in [0.717, 1.165) is 11.3 Å². The van der Waals surface area contributed by atoms with Crippen molar-refractivity contribution in [2.75, 3.05) is 12.4 Å². The zero-order valence-electron chi connectivity index (χ0n) is 10.3. The van der Waals surface area contributed by atoms with E-state index >= 15 is 0 Å². The van der Waals surface area contributed by atoms with Gasteiger partial charge in [0.05, 0.1) is 7.11 Å². The van der Waals surface area contributed by atoms with Crippen LogP contribution in [0.4, 0.5) is 5.95 Å². The Morgan fingerprint density at radius 1 is 1.37 bits per heavy atom. The van der Waals surface area contributed by atoms with Crippen molar-refractivity contribution >= 4 is 11.9 Å². The number of methoxy groups -OCH3 is 1. The maximum Gasteiger partial charge on any atom is 0.354 e. The van der Waals surface area contributed by atoms with Crippen LogP contribution in [0.2, 0.25) is 0 Å². The lowest BCUT2D eigenvalue weighted by molar-refractivity contribution is 0.0690. The Bertz CT molecular complexity index is 587. The van der Waals surface area contributed by atoms with Crippen LogP contribution in [0.5, 0.6) is 5.75 Å². The highest BCUT2D eigenvalue weighted by Gasteiger charge is 2.07. The number of nitrogens with one attached hydrogen (secondary N) is 1. The number of hydrogen-bond donors (Lipinski definition) is 2. The molecule has 2 N–H and O–H groups in total. The van der Waals surface area contributed by atoms with Crippen LogP contribution >= 0.6 is 0 Å². The molecule has 19 heavy (non-hydrogen) atoms. The highest BCUT2D eigenvalue weighted by atomic mass is 16.5. The number of hydrogen-bond acceptors (Lipinski definition) is 5. The van der Waals surface area contributed by atoms with Gasteiger partial charge >= 0.3 is 5.97 Å². The Morgan fingerprint density at radius 2 is 2.16 bits per heavy atom. The van der Waals surface area contributed by atoms with Gasteiger partial charge in [0, 0.05) is 18.3 Å². The van der Waals surface area contributed by atoms with Gasteiger partial charge in [0.15, 0.2) is 5.69 Å². The first kappa shape index (κ1) is 12.8.